The molecule has 3 N–H and O–H groups in total. The van der Waals surface area contributed by atoms with Crippen molar-refractivity contribution in [2.75, 3.05) is 0 Å². The number of carbonyl (C=O) groups excluding carboxylic acids is 1. The number of hydrogen-bond acceptors (Lipinski definition) is 5. The molecular weight excluding hydrogens is 284 g/mol. The van der Waals surface area contributed by atoms with Gasteiger partial charge < -0.3 is 15.5 Å². The van der Waals surface area contributed by atoms with Crippen LogP contribution < -0.4 is 5.32 Å². The Morgan fingerprint density at radius 1 is 1.29 bits per heavy atom. The van der Waals surface area contributed by atoms with Gasteiger partial charge in [-0.1, -0.05) is 0 Å². The Bertz CT molecular complexity index is 612. The number of nitrogens with zero attached hydrogens (tertiary/aromatic N) is 1. The van der Waals surface area contributed by atoms with Crippen LogP contribution in [0.2, 0.25) is 0 Å². The van der Waals surface area contributed by atoms with Crippen molar-refractivity contribution in [3.8, 4) is 0 Å². The standard InChI is InChI=1S/C12H12N2O7/c1-6-2-7(4-8(3-6)14(20)21)11(17)13-9(12(18)19)5-10(15)16/h2-4,9H,5H2,1H3,(H,13,17)(H,15,16)(H,18,19)/t9-/m0/s1. The van der Waals surface area contributed by atoms with Crippen molar-refractivity contribution in [2.45, 2.75) is 19.4 Å². The molecule has 0 saturated heterocycles. The van der Waals surface area contributed by atoms with Gasteiger partial charge in [0, 0.05) is 17.7 Å². The maximum absolute atomic E-state index is 11.9. The minimum absolute atomic E-state index is 0.113. The molecule has 0 heterocycles. The summed E-state index contributed by atoms with van der Waals surface area (Å²) in [6.45, 7) is 1.54. The number of hydrogen-bond donors (Lipinski definition) is 3. The van der Waals surface area contributed by atoms with E-state index in [4.69, 9.17) is 10.2 Å². The molecule has 1 aromatic rings. The molecule has 0 aliphatic carbocycles. The smallest absolute Gasteiger partial charge is 0.326 e. The zero-order valence-electron chi connectivity index (χ0n) is 10.9. The van der Waals surface area contributed by atoms with Crippen LogP contribution >= 0.6 is 0 Å². The van der Waals surface area contributed by atoms with Gasteiger partial charge in [-0.05, 0) is 18.6 Å². The van der Waals surface area contributed by atoms with E-state index in [-0.39, 0.29) is 11.3 Å². The Kier molecular flexibility index (Phi) is 4.95. The quantitative estimate of drug-likeness (QED) is 0.513. The van der Waals surface area contributed by atoms with Crippen LogP contribution in [0.25, 0.3) is 0 Å². The maximum atomic E-state index is 11.9. The molecule has 0 saturated carbocycles. The highest BCUT2D eigenvalue weighted by Crippen LogP contribution is 2.16. The van der Waals surface area contributed by atoms with Crippen molar-refractivity contribution < 1.29 is 29.5 Å². The first-order valence-corrected chi connectivity index (χ1v) is 5.72. The zero-order valence-corrected chi connectivity index (χ0v) is 10.9. The lowest BCUT2D eigenvalue weighted by Crippen LogP contribution is -2.42. The van der Waals surface area contributed by atoms with Gasteiger partial charge in [-0.3, -0.25) is 19.7 Å². The summed E-state index contributed by atoms with van der Waals surface area (Å²) < 4.78 is 0. The topological polar surface area (TPSA) is 147 Å². The second-order valence-corrected chi connectivity index (χ2v) is 4.28. The van der Waals surface area contributed by atoms with Crippen LogP contribution in [0.4, 0.5) is 5.69 Å². The first-order valence-electron chi connectivity index (χ1n) is 5.72. The third kappa shape index (κ3) is 4.56. The van der Waals surface area contributed by atoms with Crippen LogP contribution in [-0.2, 0) is 9.59 Å². The number of nitro groups is 1. The number of non-ortho nitro benzene ring substituents is 1. The lowest BCUT2D eigenvalue weighted by Gasteiger charge is -2.12. The van der Waals surface area contributed by atoms with E-state index in [1.165, 1.54) is 19.1 Å². The predicted octanol–water partition coefficient (Wildman–Crippen LogP) is 0.561. The SMILES string of the molecule is Cc1cc(C(=O)N[C@@H](CC(=O)O)C(=O)O)cc([N+](=O)[O-])c1. The minimum Gasteiger partial charge on any atom is -0.481 e. The molecule has 0 fully saturated rings. The van der Waals surface area contributed by atoms with Gasteiger partial charge >= 0.3 is 11.9 Å². The molecule has 0 aromatic heterocycles. The fourth-order valence-corrected chi connectivity index (χ4v) is 1.62. The van der Waals surface area contributed by atoms with Gasteiger partial charge in [-0.15, -0.1) is 0 Å². The molecular formula is C12H12N2O7. The number of benzene rings is 1. The number of carbonyl (C=O) groups is 3. The van der Waals surface area contributed by atoms with Crippen molar-refractivity contribution in [3.63, 3.8) is 0 Å². The van der Waals surface area contributed by atoms with Gasteiger partial charge in [-0.25, -0.2) is 4.79 Å². The van der Waals surface area contributed by atoms with E-state index in [0.29, 0.717) is 5.56 Å². The van der Waals surface area contributed by atoms with Crippen molar-refractivity contribution in [2.24, 2.45) is 0 Å². The van der Waals surface area contributed by atoms with Gasteiger partial charge in [0.1, 0.15) is 6.04 Å². The largest absolute Gasteiger partial charge is 0.481 e. The molecule has 0 aliphatic heterocycles. The summed E-state index contributed by atoms with van der Waals surface area (Å²) in [5.41, 5.74) is 0.0167. The van der Waals surface area contributed by atoms with Crippen LogP contribution in [-0.4, -0.2) is 39.0 Å². The van der Waals surface area contributed by atoms with Crippen molar-refractivity contribution in [3.05, 3.63) is 39.4 Å². The van der Waals surface area contributed by atoms with E-state index in [0.717, 1.165) is 6.07 Å². The molecule has 1 rings (SSSR count). The lowest BCUT2D eigenvalue weighted by atomic mass is 10.1. The second kappa shape index (κ2) is 6.46. The minimum atomic E-state index is -1.62. The van der Waals surface area contributed by atoms with Gasteiger partial charge in [0.15, 0.2) is 0 Å². The molecule has 1 amide bonds. The monoisotopic (exact) mass is 296 g/mol. The predicted molar refractivity (Wildman–Crippen MR) is 69.0 cm³/mol. The van der Waals surface area contributed by atoms with Crippen molar-refractivity contribution >= 4 is 23.5 Å². The van der Waals surface area contributed by atoms with Gasteiger partial charge in [-0.2, -0.15) is 0 Å². The molecule has 112 valence electrons. The Hall–Kier alpha value is -2.97. The number of aryl methyl sites for hydroxylation is 1. The molecule has 0 spiro atoms. The van der Waals surface area contributed by atoms with E-state index in [9.17, 15) is 24.5 Å². The summed E-state index contributed by atoms with van der Waals surface area (Å²) >= 11 is 0. The second-order valence-electron chi connectivity index (χ2n) is 4.28. The molecule has 0 aliphatic rings. The van der Waals surface area contributed by atoms with Crippen LogP contribution in [0, 0.1) is 17.0 Å². The molecule has 9 nitrogen and oxygen atoms in total. The molecule has 1 atom stereocenters. The zero-order chi connectivity index (χ0) is 16.2. The van der Waals surface area contributed by atoms with Gasteiger partial charge in [0.2, 0.25) is 0 Å². The number of aliphatic carboxylic acids is 2. The van der Waals surface area contributed by atoms with Gasteiger partial charge in [0.25, 0.3) is 11.6 Å². The molecule has 9 heteroatoms. The molecule has 1 aromatic carbocycles. The number of amides is 1. The Labute approximate surface area is 118 Å². The number of nitro benzene ring substituents is 1. The highest BCUT2D eigenvalue weighted by atomic mass is 16.6. The average Bonchev–Trinajstić information content (AvgIpc) is 2.36. The van der Waals surface area contributed by atoms with E-state index in [1.54, 1.807) is 0 Å². The third-order valence-corrected chi connectivity index (χ3v) is 2.52. The molecule has 21 heavy (non-hydrogen) atoms. The van der Waals surface area contributed by atoms with Crippen LogP contribution in [0.5, 0.6) is 0 Å². The van der Waals surface area contributed by atoms with E-state index in [2.05, 4.69) is 0 Å². The summed E-state index contributed by atoms with van der Waals surface area (Å²) in [6.07, 6.45) is -0.797. The van der Waals surface area contributed by atoms with Crippen LogP contribution in [0.1, 0.15) is 22.3 Å². The normalized spacial score (nSPS) is 11.5. The summed E-state index contributed by atoms with van der Waals surface area (Å²) in [6, 6.07) is 1.96. The van der Waals surface area contributed by atoms with Crippen LogP contribution in [0.3, 0.4) is 0 Å². The lowest BCUT2D eigenvalue weighted by molar-refractivity contribution is -0.384. The Morgan fingerprint density at radius 2 is 1.90 bits per heavy atom. The van der Waals surface area contributed by atoms with Gasteiger partial charge in [0.05, 0.1) is 11.3 Å². The Balaban J connectivity index is 2.99. The summed E-state index contributed by atoms with van der Waals surface area (Å²) in [7, 11) is 0. The first-order chi connectivity index (χ1) is 9.70. The fraction of sp³-hybridized carbons (Fsp3) is 0.250. The third-order valence-electron chi connectivity index (χ3n) is 2.52. The molecule has 0 unspecified atom stereocenters. The van der Waals surface area contributed by atoms with Crippen molar-refractivity contribution in [1.29, 1.82) is 0 Å². The summed E-state index contributed by atoms with van der Waals surface area (Å²) in [5.74, 6) is -3.79. The summed E-state index contributed by atoms with van der Waals surface area (Å²) in [4.78, 5) is 43.3. The van der Waals surface area contributed by atoms with E-state index >= 15 is 0 Å². The number of carboxylic acids is 2. The maximum Gasteiger partial charge on any atom is 0.326 e. The number of rotatable bonds is 6. The Morgan fingerprint density at radius 3 is 2.38 bits per heavy atom. The summed E-state index contributed by atoms with van der Waals surface area (Å²) in [5, 5.41) is 30.1. The highest BCUT2D eigenvalue weighted by Gasteiger charge is 2.24. The number of carboxylic acid groups (broad SMARTS) is 2. The van der Waals surface area contributed by atoms with Crippen LogP contribution in [0.15, 0.2) is 18.2 Å². The molecule has 0 radical (unpaired) electrons. The van der Waals surface area contributed by atoms with E-state index < -0.39 is 35.2 Å². The molecule has 0 bridgehead atoms. The number of nitrogens with one attached hydrogen (secondary N) is 1. The average molecular weight is 296 g/mol. The highest BCUT2D eigenvalue weighted by molar-refractivity contribution is 5.98. The fourth-order valence-electron chi connectivity index (χ4n) is 1.62. The van der Waals surface area contributed by atoms with Crippen molar-refractivity contribution in [1.82, 2.24) is 5.32 Å². The van der Waals surface area contributed by atoms with E-state index in [1.807, 2.05) is 5.32 Å². The first kappa shape index (κ1) is 16.1.